The number of hydrogen-bond donors (Lipinski definition) is 1. The molecule has 0 saturated heterocycles. The van der Waals surface area contributed by atoms with Gasteiger partial charge in [0, 0.05) is 17.8 Å². The van der Waals surface area contributed by atoms with E-state index in [2.05, 4.69) is 11.6 Å². The van der Waals surface area contributed by atoms with Gasteiger partial charge in [-0.15, -0.1) is 0 Å². The Morgan fingerprint density at radius 3 is 2.39 bits per heavy atom. The van der Waals surface area contributed by atoms with E-state index >= 15 is 0 Å². The maximum absolute atomic E-state index is 11.1. The molecule has 18 heavy (non-hydrogen) atoms. The van der Waals surface area contributed by atoms with Crippen molar-refractivity contribution >= 4 is 23.2 Å². The minimum absolute atomic E-state index is 0.121. The van der Waals surface area contributed by atoms with Crippen LogP contribution in [0.4, 0.5) is 5.69 Å². The number of benzene rings is 1. The number of thioether (sulfide) groups is 1. The maximum Gasteiger partial charge on any atom is 0.159 e. The lowest BCUT2D eigenvalue weighted by Crippen LogP contribution is -2.02. The first-order valence-electron chi connectivity index (χ1n) is 6.58. The van der Waals surface area contributed by atoms with E-state index in [1.807, 2.05) is 36.0 Å². The van der Waals surface area contributed by atoms with Crippen LogP contribution in [0.5, 0.6) is 0 Å². The van der Waals surface area contributed by atoms with Crippen molar-refractivity contribution in [3.05, 3.63) is 29.8 Å². The number of rotatable bonds is 9. The number of ketones is 1. The van der Waals surface area contributed by atoms with E-state index in [-0.39, 0.29) is 5.78 Å². The second kappa shape index (κ2) is 9.03. The van der Waals surface area contributed by atoms with Gasteiger partial charge in [0.05, 0.1) is 0 Å². The zero-order chi connectivity index (χ0) is 13.2. The van der Waals surface area contributed by atoms with Crippen LogP contribution >= 0.6 is 11.8 Å². The molecule has 1 aromatic rings. The van der Waals surface area contributed by atoms with Crippen molar-refractivity contribution < 1.29 is 4.79 Å². The summed E-state index contributed by atoms with van der Waals surface area (Å²) in [6, 6.07) is 7.71. The third kappa shape index (κ3) is 6.10. The number of anilines is 1. The van der Waals surface area contributed by atoms with Gasteiger partial charge in [0.25, 0.3) is 0 Å². The summed E-state index contributed by atoms with van der Waals surface area (Å²) in [5.41, 5.74) is 1.88. The van der Waals surface area contributed by atoms with Crippen molar-refractivity contribution in [2.75, 3.05) is 23.9 Å². The van der Waals surface area contributed by atoms with Crippen molar-refractivity contribution in [2.24, 2.45) is 0 Å². The number of unbranched alkanes of at least 4 members (excludes halogenated alkanes) is 3. The Bertz CT molecular complexity index is 348. The molecule has 0 amide bonds. The van der Waals surface area contributed by atoms with E-state index in [0.29, 0.717) is 0 Å². The fourth-order valence-electron chi connectivity index (χ4n) is 1.78. The highest BCUT2D eigenvalue weighted by Crippen LogP contribution is 2.11. The minimum atomic E-state index is 0.121. The molecular weight excluding hydrogens is 242 g/mol. The molecule has 0 radical (unpaired) electrons. The first-order chi connectivity index (χ1) is 8.74. The summed E-state index contributed by atoms with van der Waals surface area (Å²) in [5, 5.41) is 3.39. The zero-order valence-electron chi connectivity index (χ0n) is 11.4. The lowest BCUT2D eigenvalue weighted by Gasteiger charge is -2.06. The van der Waals surface area contributed by atoms with Crippen LogP contribution in [-0.4, -0.2) is 24.3 Å². The van der Waals surface area contributed by atoms with E-state index in [1.165, 1.54) is 31.4 Å². The van der Waals surface area contributed by atoms with Crippen molar-refractivity contribution in [3.63, 3.8) is 0 Å². The number of carbonyl (C=O) groups excluding carboxylic acids is 1. The average Bonchev–Trinajstić information content (AvgIpc) is 2.38. The van der Waals surface area contributed by atoms with Gasteiger partial charge in [-0.25, -0.2) is 0 Å². The highest BCUT2D eigenvalue weighted by molar-refractivity contribution is 7.98. The SMILES string of the molecule is CSCCCCCCNc1ccc(C(C)=O)cc1. The molecule has 0 heterocycles. The molecule has 3 heteroatoms. The van der Waals surface area contributed by atoms with Crippen LogP contribution in [0.25, 0.3) is 0 Å². The van der Waals surface area contributed by atoms with Crippen LogP contribution in [-0.2, 0) is 0 Å². The number of nitrogens with one attached hydrogen (secondary N) is 1. The first kappa shape index (κ1) is 15.1. The quantitative estimate of drug-likeness (QED) is 0.535. The first-order valence-corrected chi connectivity index (χ1v) is 7.97. The van der Waals surface area contributed by atoms with E-state index in [4.69, 9.17) is 0 Å². The third-order valence-corrected chi connectivity index (χ3v) is 3.59. The summed E-state index contributed by atoms with van der Waals surface area (Å²) in [4.78, 5) is 11.1. The summed E-state index contributed by atoms with van der Waals surface area (Å²) in [5.74, 6) is 1.40. The molecule has 1 rings (SSSR count). The Morgan fingerprint density at radius 1 is 1.11 bits per heavy atom. The van der Waals surface area contributed by atoms with E-state index in [1.54, 1.807) is 6.92 Å². The monoisotopic (exact) mass is 265 g/mol. The second-order valence-electron chi connectivity index (χ2n) is 4.47. The molecule has 0 fully saturated rings. The van der Waals surface area contributed by atoms with Crippen LogP contribution in [0.1, 0.15) is 43.0 Å². The molecule has 0 aromatic heterocycles. The average molecular weight is 265 g/mol. The molecule has 0 spiro atoms. The topological polar surface area (TPSA) is 29.1 Å². The van der Waals surface area contributed by atoms with Gasteiger partial charge in [0.1, 0.15) is 0 Å². The Morgan fingerprint density at radius 2 is 1.78 bits per heavy atom. The Hall–Kier alpha value is -0.960. The van der Waals surface area contributed by atoms with E-state index in [0.717, 1.165) is 17.8 Å². The summed E-state index contributed by atoms with van der Waals surface area (Å²) >= 11 is 1.92. The van der Waals surface area contributed by atoms with Crippen molar-refractivity contribution in [3.8, 4) is 0 Å². The second-order valence-corrected chi connectivity index (χ2v) is 5.45. The van der Waals surface area contributed by atoms with Crippen LogP contribution in [0.2, 0.25) is 0 Å². The van der Waals surface area contributed by atoms with Crippen molar-refractivity contribution in [1.29, 1.82) is 0 Å². The lowest BCUT2D eigenvalue weighted by atomic mass is 10.1. The molecule has 0 aliphatic heterocycles. The van der Waals surface area contributed by atoms with Gasteiger partial charge in [-0.3, -0.25) is 4.79 Å². The zero-order valence-corrected chi connectivity index (χ0v) is 12.2. The number of carbonyl (C=O) groups is 1. The van der Waals surface area contributed by atoms with Gasteiger partial charge in [-0.1, -0.05) is 12.8 Å². The predicted molar refractivity (Wildman–Crippen MR) is 81.8 cm³/mol. The van der Waals surface area contributed by atoms with Crippen LogP contribution in [0.15, 0.2) is 24.3 Å². The Kier molecular flexibility index (Phi) is 7.58. The molecular formula is C15H23NOS. The fraction of sp³-hybridized carbons (Fsp3) is 0.533. The predicted octanol–water partition coefficient (Wildman–Crippen LogP) is 4.22. The molecule has 0 saturated carbocycles. The lowest BCUT2D eigenvalue weighted by molar-refractivity contribution is 0.101. The number of hydrogen-bond acceptors (Lipinski definition) is 3. The van der Waals surface area contributed by atoms with Gasteiger partial charge >= 0.3 is 0 Å². The molecule has 0 bridgehead atoms. The standard InChI is InChI=1S/C15H23NOS/c1-13(17)14-7-9-15(10-8-14)16-11-5-3-4-6-12-18-2/h7-10,16H,3-6,11-12H2,1-2H3. The molecule has 0 unspecified atom stereocenters. The minimum Gasteiger partial charge on any atom is -0.385 e. The van der Waals surface area contributed by atoms with Gasteiger partial charge in [-0.2, -0.15) is 11.8 Å². The van der Waals surface area contributed by atoms with Crippen LogP contribution in [0, 0.1) is 0 Å². The van der Waals surface area contributed by atoms with Gasteiger partial charge < -0.3 is 5.32 Å². The van der Waals surface area contributed by atoms with E-state index in [9.17, 15) is 4.79 Å². The Labute approximate surface area is 115 Å². The van der Waals surface area contributed by atoms with Crippen molar-refractivity contribution in [1.82, 2.24) is 0 Å². The smallest absolute Gasteiger partial charge is 0.159 e. The fourth-order valence-corrected chi connectivity index (χ4v) is 2.27. The summed E-state index contributed by atoms with van der Waals surface area (Å²) < 4.78 is 0. The van der Waals surface area contributed by atoms with Gasteiger partial charge in [-0.05, 0) is 56.0 Å². The third-order valence-electron chi connectivity index (χ3n) is 2.90. The Balaban J connectivity index is 2.14. The summed E-state index contributed by atoms with van der Waals surface area (Å²) in [6.45, 7) is 2.61. The molecule has 0 aliphatic carbocycles. The highest BCUT2D eigenvalue weighted by atomic mass is 32.2. The normalized spacial score (nSPS) is 10.3. The van der Waals surface area contributed by atoms with E-state index < -0.39 is 0 Å². The largest absolute Gasteiger partial charge is 0.385 e. The summed E-state index contributed by atoms with van der Waals surface area (Å²) in [6.07, 6.45) is 7.31. The molecule has 1 aromatic carbocycles. The summed E-state index contributed by atoms with van der Waals surface area (Å²) in [7, 11) is 0. The van der Waals surface area contributed by atoms with Gasteiger partial charge in [0.2, 0.25) is 0 Å². The highest BCUT2D eigenvalue weighted by Gasteiger charge is 1.98. The molecule has 2 nitrogen and oxygen atoms in total. The number of Topliss-reactive ketones (excluding diaryl/α,β-unsaturated/α-hetero) is 1. The molecule has 1 N–H and O–H groups in total. The molecule has 0 aliphatic rings. The maximum atomic E-state index is 11.1. The molecule has 100 valence electrons. The molecule has 0 atom stereocenters. The van der Waals surface area contributed by atoms with Crippen LogP contribution < -0.4 is 5.32 Å². The van der Waals surface area contributed by atoms with Gasteiger partial charge in [0.15, 0.2) is 5.78 Å². The van der Waals surface area contributed by atoms with Crippen LogP contribution in [0.3, 0.4) is 0 Å². The van der Waals surface area contributed by atoms with Crippen molar-refractivity contribution in [2.45, 2.75) is 32.6 Å².